The van der Waals surface area contributed by atoms with Crippen LogP contribution in [0.5, 0.6) is 0 Å². The van der Waals surface area contributed by atoms with Crippen LogP contribution in [0.4, 0.5) is 4.39 Å². The molecule has 2 aliphatic carbocycles. The number of carbonyl (C=O) groups is 2. The maximum atomic E-state index is 15.3. The fourth-order valence-electron chi connectivity index (χ4n) is 4.11. The summed E-state index contributed by atoms with van der Waals surface area (Å²) < 4.78 is 25.3. The van der Waals surface area contributed by atoms with Gasteiger partial charge in [0, 0.05) is 22.8 Å². The summed E-state index contributed by atoms with van der Waals surface area (Å²) in [4.78, 5) is 24.8. The van der Waals surface area contributed by atoms with Crippen molar-refractivity contribution >= 4 is 46.9 Å². The highest BCUT2D eigenvalue weighted by Crippen LogP contribution is 2.69. The van der Waals surface area contributed by atoms with Crippen molar-refractivity contribution in [3.8, 4) is 0 Å². The van der Waals surface area contributed by atoms with Crippen molar-refractivity contribution in [3.05, 3.63) is 33.8 Å². The van der Waals surface area contributed by atoms with Gasteiger partial charge in [0.15, 0.2) is 0 Å². The first kappa shape index (κ1) is 21.7. The Morgan fingerprint density at radius 3 is 2.46 bits per heavy atom. The third-order valence-corrected chi connectivity index (χ3v) is 7.68. The van der Waals surface area contributed by atoms with Crippen LogP contribution in [-0.2, 0) is 24.8 Å². The van der Waals surface area contributed by atoms with Crippen molar-refractivity contribution in [2.24, 2.45) is 17.6 Å². The summed E-state index contributed by atoms with van der Waals surface area (Å²) in [6, 6.07) is 5.27. The number of ether oxygens (including phenoxy) is 2. The Bertz CT molecular complexity index is 797. The van der Waals surface area contributed by atoms with E-state index in [1.807, 2.05) is 6.07 Å². The van der Waals surface area contributed by atoms with Gasteiger partial charge in [0.2, 0.25) is 5.67 Å². The molecule has 0 aromatic heterocycles. The third-order valence-electron chi connectivity index (χ3n) is 5.45. The second kappa shape index (κ2) is 8.01. The molecule has 2 N–H and O–H groups in total. The molecule has 0 aliphatic heterocycles. The number of nitrogens with two attached hydrogens (primary N) is 1. The van der Waals surface area contributed by atoms with Gasteiger partial charge in [0.05, 0.1) is 23.3 Å². The molecule has 3 rings (SSSR count). The van der Waals surface area contributed by atoms with Crippen molar-refractivity contribution in [3.63, 3.8) is 0 Å². The first-order valence-electron chi connectivity index (χ1n) is 9.08. The van der Waals surface area contributed by atoms with Gasteiger partial charge < -0.3 is 15.2 Å². The van der Waals surface area contributed by atoms with Crippen LogP contribution < -0.4 is 5.73 Å². The Hall–Kier alpha value is -1.02. The van der Waals surface area contributed by atoms with Gasteiger partial charge in [-0.05, 0) is 38.0 Å². The minimum Gasteiger partial charge on any atom is -0.465 e. The number of alkyl halides is 1. The summed E-state index contributed by atoms with van der Waals surface area (Å²) in [6.07, 6.45) is 0.293. The summed E-state index contributed by atoms with van der Waals surface area (Å²) in [6.45, 7) is 3.46. The average molecular weight is 450 g/mol. The number of esters is 2. The van der Waals surface area contributed by atoms with Crippen molar-refractivity contribution in [1.29, 1.82) is 0 Å². The van der Waals surface area contributed by atoms with E-state index in [2.05, 4.69) is 0 Å². The largest absolute Gasteiger partial charge is 0.465 e. The maximum absolute atomic E-state index is 15.3. The molecule has 0 unspecified atom stereocenters. The van der Waals surface area contributed by atoms with Crippen LogP contribution in [0.15, 0.2) is 18.2 Å². The summed E-state index contributed by atoms with van der Waals surface area (Å²) in [5.41, 5.74) is 3.54. The molecule has 1 aromatic carbocycles. The van der Waals surface area contributed by atoms with Crippen LogP contribution in [-0.4, -0.2) is 41.6 Å². The number of carbonyl (C=O) groups excluding carboxylic acids is 2. The number of halogens is 3. The van der Waals surface area contributed by atoms with E-state index in [1.165, 1.54) is 11.8 Å². The highest BCUT2D eigenvalue weighted by atomic mass is 35.5. The summed E-state index contributed by atoms with van der Waals surface area (Å²) in [7, 11) is 0. The fourth-order valence-corrected chi connectivity index (χ4v) is 5.86. The third kappa shape index (κ3) is 3.40. The second-order valence-electron chi connectivity index (χ2n) is 7.01. The van der Waals surface area contributed by atoms with Crippen LogP contribution in [0.1, 0.15) is 25.8 Å². The maximum Gasteiger partial charge on any atom is 0.344 e. The van der Waals surface area contributed by atoms with Gasteiger partial charge in [-0.1, -0.05) is 29.3 Å². The van der Waals surface area contributed by atoms with Crippen LogP contribution in [0, 0.1) is 11.8 Å². The number of thioether (sulfide) groups is 1. The monoisotopic (exact) mass is 449 g/mol. The minimum absolute atomic E-state index is 0.0659. The Balaban J connectivity index is 1.79. The van der Waals surface area contributed by atoms with E-state index in [9.17, 15) is 9.59 Å². The highest BCUT2D eigenvalue weighted by Gasteiger charge is 2.85. The molecule has 28 heavy (non-hydrogen) atoms. The zero-order valence-corrected chi connectivity index (χ0v) is 17.9. The van der Waals surface area contributed by atoms with Gasteiger partial charge >= 0.3 is 11.9 Å². The highest BCUT2D eigenvalue weighted by molar-refractivity contribution is 7.99. The summed E-state index contributed by atoms with van der Waals surface area (Å²) in [5, 5.41) is 0.492. The predicted octanol–water partition coefficient (Wildman–Crippen LogP) is 3.78. The minimum atomic E-state index is -2.22. The van der Waals surface area contributed by atoms with Crippen molar-refractivity contribution < 1.29 is 23.5 Å². The van der Waals surface area contributed by atoms with Gasteiger partial charge in [-0.3, -0.25) is 0 Å². The average Bonchev–Trinajstić information content (AvgIpc) is 3.13. The molecular weight excluding hydrogens is 428 g/mol. The van der Waals surface area contributed by atoms with Gasteiger partial charge in [-0.25, -0.2) is 14.0 Å². The van der Waals surface area contributed by atoms with E-state index < -0.39 is 40.2 Å². The van der Waals surface area contributed by atoms with E-state index in [-0.39, 0.29) is 13.2 Å². The molecular formula is C19H22Cl2FNO4S. The first-order chi connectivity index (χ1) is 13.2. The van der Waals surface area contributed by atoms with Gasteiger partial charge in [-0.2, -0.15) is 11.8 Å². The molecule has 0 radical (unpaired) electrons. The van der Waals surface area contributed by atoms with E-state index in [0.717, 1.165) is 5.56 Å². The molecule has 0 amide bonds. The van der Waals surface area contributed by atoms with Crippen molar-refractivity contribution in [2.75, 3.05) is 13.2 Å². The Kier molecular flexibility index (Phi) is 6.21. The Labute approximate surface area is 177 Å². The number of rotatable bonds is 7. The molecule has 2 aliphatic rings. The lowest BCUT2D eigenvalue weighted by molar-refractivity contribution is -0.156. The molecule has 0 bridgehead atoms. The molecule has 2 fully saturated rings. The lowest BCUT2D eigenvalue weighted by Crippen LogP contribution is -2.59. The van der Waals surface area contributed by atoms with E-state index in [4.69, 9.17) is 38.4 Å². The van der Waals surface area contributed by atoms with Crippen molar-refractivity contribution in [1.82, 2.24) is 0 Å². The lowest BCUT2D eigenvalue weighted by atomic mass is 9.90. The van der Waals surface area contributed by atoms with Gasteiger partial charge in [0.1, 0.15) is 5.54 Å². The molecule has 9 heteroatoms. The predicted molar refractivity (Wildman–Crippen MR) is 107 cm³/mol. The zero-order valence-electron chi connectivity index (χ0n) is 15.5. The summed E-state index contributed by atoms with van der Waals surface area (Å²) in [5.74, 6) is -2.70. The number of hydrogen-bond acceptors (Lipinski definition) is 6. The molecule has 5 nitrogen and oxygen atoms in total. The molecule has 0 heterocycles. The second-order valence-corrected chi connectivity index (χ2v) is 9.02. The van der Waals surface area contributed by atoms with Gasteiger partial charge in [-0.15, -0.1) is 0 Å². The topological polar surface area (TPSA) is 78.6 Å². The normalized spacial score (nSPS) is 33.3. The molecule has 154 valence electrons. The standard InChI is InChI=1S/C19H22Cl2FNO4S/c1-3-26-16(24)18(22)11-8-14(19(23,15(11)18)17(25)27-4-2)28-9-10-5-6-12(20)13(21)7-10/h5-7,11,14-15H,3-4,8-9,23H2,1-2H3/t11-,14-,15+,18-,19+/m1/s1. The van der Waals surface area contributed by atoms with E-state index >= 15 is 4.39 Å². The van der Waals surface area contributed by atoms with Crippen LogP contribution in [0.25, 0.3) is 0 Å². The summed E-state index contributed by atoms with van der Waals surface area (Å²) >= 11 is 13.4. The molecule has 2 saturated carbocycles. The fraction of sp³-hybridized carbons (Fsp3) is 0.579. The Morgan fingerprint density at radius 2 is 1.86 bits per heavy atom. The number of hydrogen-bond donors (Lipinski definition) is 1. The zero-order chi connectivity index (χ0) is 20.7. The molecule has 5 atom stereocenters. The number of fused-ring (bicyclic) bond motifs is 1. The van der Waals surface area contributed by atoms with Crippen LogP contribution in [0.2, 0.25) is 10.0 Å². The quantitative estimate of drug-likeness (QED) is 0.638. The van der Waals surface area contributed by atoms with Gasteiger partial charge in [0.25, 0.3) is 0 Å². The van der Waals surface area contributed by atoms with Crippen molar-refractivity contribution in [2.45, 2.75) is 42.5 Å². The van der Waals surface area contributed by atoms with E-state index in [1.54, 1.807) is 26.0 Å². The SMILES string of the molecule is CCOC(=O)[C@@]1(N)[C@H]2[C@@H](C[C@H]1SCc1ccc(Cl)c(Cl)c1)[C@]2(F)C(=O)OCC. The molecule has 0 spiro atoms. The van der Waals surface area contributed by atoms with Crippen LogP contribution in [0.3, 0.4) is 0 Å². The first-order valence-corrected chi connectivity index (χ1v) is 10.9. The lowest BCUT2D eigenvalue weighted by Gasteiger charge is -2.33. The van der Waals surface area contributed by atoms with Crippen LogP contribution >= 0.6 is 35.0 Å². The number of benzene rings is 1. The molecule has 0 saturated heterocycles. The Morgan fingerprint density at radius 1 is 1.21 bits per heavy atom. The van der Waals surface area contributed by atoms with E-state index in [0.29, 0.717) is 22.2 Å². The smallest absolute Gasteiger partial charge is 0.344 e. The molecule has 1 aromatic rings.